The number of ether oxygens (including phenoxy) is 2. The van der Waals surface area contributed by atoms with Crippen LogP contribution >= 0.6 is 0 Å². The van der Waals surface area contributed by atoms with Gasteiger partial charge in [-0.15, -0.1) is 0 Å². The third kappa shape index (κ3) is 3.76. The van der Waals surface area contributed by atoms with Crippen molar-refractivity contribution in [3.8, 4) is 5.75 Å². The lowest BCUT2D eigenvalue weighted by atomic mass is 9.83. The van der Waals surface area contributed by atoms with Crippen LogP contribution in [0, 0.1) is 0 Å². The van der Waals surface area contributed by atoms with Crippen molar-refractivity contribution in [1.82, 2.24) is 0 Å². The molecule has 2 heterocycles. The largest absolute Gasteiger partial charge is 0.495 e. The number of likely N-dealkylation sites (N-methyl/N-ethyl adjacent to an activating group) is 1. The summed E-state index contributed by atoms with van der Waals surface area (Å²) in [4.78, 5) is 30.2. The lowest BCUT2D eigenvalue weighted by molar-refractivity contribution is -0.126. The number of amides is 2. The maximum absolute atomic E-state index is 13.6. The molecule has 31 heavy (non-hydrogen) atoms. The molecule has 0 unspecified atom stereocenters. The Morgan fingerprint density at radius 2 is 1.61 bits per heavy atom. The fourth-order valence-electron chi connectivity index (χ4n) is 4.49. The monoisotopic (exact) mass is 438 g/mol. The Bertz CT molecular complexity index is 1020. The molecule has 2 aromatic carbocycles. The second kappa shape index (κ2) is 8.13. The summed E-state index contributed by atoms with van der Waals surface area (Å²) in [7, 11) is 2.12. The fraction of sp³-hybridized carbons (Fsp3) is 0.417. The number of carbonyl (C=O) groups excluding carboxylic acids is 2. The molecule has 0 radical (unpaired) electrons. The maximum atomic E-state index is 13.6. The first-order valence-electron chi connectivity index (χ1n) is 10.7. The van der Waals surface area contributed by atoms with Gasteiger partial charge in [0.05, 0.1) is 30.3 Å². The quantitative estimate of drug-likeness (QED) is 0.480. The van der Waals surface area contributed by atoms with Gasteiger partial charge >= 0.3 is 0 Å². The first-order valence-corrected chi connectivity index (χ1v) is 14.4. The second-order valence-corrected chi connectivity index (χ2v) is 15.0. The number of methoxy groups -OCH3 is 1. The zero-order valence-electron chi connectivity index (χ0n) is 18.8. The molecule has 0 spiro atoms. The average molecular weight is 439 g/mol. The van der Waals surface area contributed by atoms with Gasteiger partial charge in [0, 0.05) is 21.7 Å². The maximum Gasteiger partial charge on any atom is 0.237 e. The Balaban J connectivity index is 1.66. The Labute approximate surface area is 184 Å². The van der Waals surface area contributed by atoms with Gasteiger partial charge in [-0.05, 0) is 29.3 Å². The van der Waals surface area contributed by atoms with Crippen molar-refractivity contribution >= 4 is 31.3 Å². The lowest BCUT2D eigenvalue weighted by Crippen LogP contribution is -2.36. The average Bonchev–Trinajstić information content (AvgIpc) is 3.15. The number of para-hydroxylation sites is 2. The molecule has 7 heteroatoms. The summed E-state index contributed by atoms with van der Waals surface area (Å²) >= 11 is 0. The van der Waals surface area contributed by atoms with E-state index in [4.69, 9.17) is 9.47 Å². The van der Waals surface area contributed by atoms with Gasteiger partial charge in [-0.25, -0.2) is 0 Å². The van der Waals surface area contributed by atoms with Crippen LogP contribution in [0.2, 0.25) is 25.7 Å². The van der Waals surface area contributed by atoms with Gasteiger partial charge in [0.25, 0.3) is 0 Å². The van der Waals surface area contributed by atoms with Gasteiger partial charge in [0.2, 0.25) is 11.8 Å². The molecule has 0 aliphatic carbocycles. The van der Waals surface area contributed by atoms with Crippen molar-refractivity contribution in [2.75, 3.05) is 37.3 Å². The Kier molecular flexibility index (Phi) is 5.66. The summed E-state index contributed by atoms with van der Waals surface area (Å²) in [5, 5.41) is 0. The summed E-state index contributed by atoms with van der Waals surface area (Å²) in [6.07, 6.45) is 0. The number of carbonyl (C=O) groups is 2. The molecule has 2 atom stereocenters. The Morgan fingerprint density at radius 1 is 0.935 bits per heavy atom. The third-order valence-corrected chi connectivity index (χ3v) is 7.87. The van der Waals surface area contributed by atoms with Crippen LogP contribution in [-0.2, 0) is 14.3 Å². The summed E-state index contributed by atoms with van der Waals surface area (Å²) in [5.74, 6) is -0.678. The van der Waals surface area contributed by atoms with Crippen molar-refractivity contribution in [2.45, 2.75) is 37.5 Å². The van der Waals surface area contributed by atoms with Crippen LogP contribution in [-0.4, -0.2) is 47.4 Å². The molecular formula is C24H30N2O4Si. The molecule has 0 aromatic heterocycles. The van der Waals surface area contributed by atoms with Crippen LogP contribution in [0.15, 0.2) is 42.5 Å². The van der Waals surface area contributed by atoms with Crippen LogP contribution in [0.5, 0.6) is 5.75 Å². The molecule has 0 fully saturated rings. The molecule has 2 amide bonds. The highest BCUT2D eigenvalue weighted by molar-refractivity contribution is 6.76. The smallest absolute Gasteiger partial charge is 0.237 e. The minimum atomic E-state index is -1.21. The van der Waals surface area contributed by atoms with Gasteiger partial charge in [-0.2, -0.15) is 0 Å². The van der Waals surface area contributed by atoms with Crippen molar-refractivity contribution in [3.05, 3.63) is 53.6 Å². The van der Waals surface area contributed by atoms with Crippen molar-refractivity contribution in [1.29, 1.82) is 0 Å². The number of fused-ring (bicyclic) bond motifs is 2. The van der Waals surface area contributed by atoms with E-state index < -0.39 is 19.9 Å². The van der Waals surface area contributed by atoms with Crippen LogP contribution < -0.4 is 14.5 Å². The Morgan fingerprint density at radius 3 is 2.32 bits per heavy atom. The lowest BCUT2D eigenvalue weighted by Gasteiger charge is -2.21. The molecule has 2 aromatic rings. The third-order valence-electron chi connectivity index (χ3n) is 6.16. The molecule has 2 aliphatic heterocycles. The summed E-state index contributed by atoms with van der Waals surface area (Å²) in [6, 6.07) is 14.4. The van der Waals surface area contributed by atoms with E-state index in [1.165, 1.54) is 0 Å². The van der Waals surface area contributed by atoms with Crippen molar-refractivity contribution in [2.24, 2.45) is 0 Å². The van der Waals surface area contributed by atoms with Gasteiger partial charge in [-0.3, -0.25) is 14.5 Å². The Hall–Kier alpha value is -2.64. The molecule has 2 aliphatic rings. The molecule has 164 valence electrons. The topological polar surface area (TPSA) is 59.1 Å². The molecule has 0 bridgehead atoms. The first-order chi connectivity index (χ1) is 14.7. The van der Waals surface area contributed by atoms with Crippen LogP contribution in [0.4, 0.5) is 11.4 Å². The molecule has 6 nitrogen and oxygen atoms in total. The van der Waals surface area contributed by atoms with Gasteiger partial charge in [0.1, 0.15) is 12.5 Å². The van der Waals surface area contributed by atoms with E-state index >= 15 is 0 Å². The summed E-state index contributed by atoms with van der Waals surface area (Å²) < 4.78 is 11.4. The van der Waals surface area contributed by atoms with E-state index in [-0.39, 0.29) is 18.5 Å². The zero-order valence-corrected chi connectivity index (χ0v) is 19.8. The van der Waals surface area contributed by atoms with Crippen LogP contribution in [0.25, 0.3) is 0 Å². The number of hydrogen-bond donors (Lipinski definition) is 0. The van der Waals surface area contributed by atoms with E-state index in [2.05, 4.69) is 19.6 Å². The minimum absolute atomic E-state index is 0.0865. The predicted molar refractivity (Wildman–Crippen MR) is 125 cm³/mol. The zero-order chi connectivity index (χ0) is 22.3. The highest BCUT2D eigenvalue weighted by Gasteiger charge is 2.50. The highest BCUT2D eigenvalue weighted by atomic mass is 28.3. The first kappa shape index (κ1) is 21.6. The molecule has 0 saturated heterocycles. The van der Waals surface area contributed by atoms with E-state index in [1.54, 1.807) is 24.0 Å². The SMILES string of the molecule is COc1cccc2c1N(C)C(=O)[C@@H]2[C@@H]1C(=O)N(COCC[Si](C)(C)C)c2ccccc21. The van der Waals surface area contributed by atoms with Gasteiger partial charge in [-0.1, -0.05) is 50.0 Å². The molecular weight excluding hydrogens is 408 g/mol. The molecule has 4 rings (SSSR count). The summed E-state index contributed by atoms with van der Waals surface area (Å²) in [6.45, 7) is 7.75. The number of hydrogen-bond acceptors (Lipinski definition) is 4. The van der Waals surface area contributed by atoms with E-state index in [0.717, 1.165) is 28.5 Å². The van der Waals surface area contributed by atoms with E-state index in [0.29, 0.717) is 12.4 Å². The number of nitrogens with zero attached hydrogens (tertiary/aromatic N) is 2. The number of anilines is 2. The van der Waals surface area contributed by atoms with Crippen LogP contribution in [0.1, 0.15) is 23.0 Å². The molecule has 0 N–H and O–H groups in total. The second-order valence-electron chi connectivity index (χ2n) is 9.42. The van der Waals surface area contributed by atoms with Gasteiger partial charge < -0.3 is 14.4 Å². The highest BCUT2D eigenvalue weighted by Crippen LogP contribution is 2.52. The fourth-order valence-corrected chi connectivity index (χ4v) is 5.25. The number of rotatable bonds is 7. The normalized spacial score (nSPS) is 20.3. The van der Waals surface area contributed by atoms with E-state index in [1.807, 2.05) is 42.5 Å². The minimum Gasteiger partial charge on any atom is -0.495 e. The van der Waals surface area contributed by atoms with Crippen molar-refractivity contribution in [3.63, 3.8) is 0 Å². The standard InChI is InChI=1S/C24H30N2O4Si/c1-25-22-17(10-8-12-19(22)29-2)21(23(25)27)20-16-9-6-7-11-18(16)26(24(20)28)15-30-13-14-31(3,4)5/h6-12,20-21H,13-15H2,1-5H3/t20-,21+/m1/s1. The summed E-state index contributed by atoms with van der Waals surface area (Å²) in [5.41, 5.74) is 3.29. The molecule has 0 saturated carbocycles. The number of benzene rings is 2. The van der Waals surface area contributed by atoms with Gasteiger partial charge in [0.15, 0.2) is 0 Å². The van der Waals surface area contributed by atoms with Crippen LogP contribution in [0.3, 0.4) is 0 Å². The predicted octanol–water partition coefficient (Wildman–Crippen LogP) is 4.20. The van der Waals surface area contributed by atoms with Crippen molar-refractivity contribution < 1.29 is 19.1 Å². The van der Waals surface area contributed by atoms with E-state index in [9.17, 15) is 9.59 Å².